The first-order chi connectivity index (χ1) is 9.52. The van der Waals surface area contributed by atoms with Crippen molar-refractivity contribution in [2.24, 2.45) is 5.10 Å². The molecule has 0 amide bonds. The molecular formula is C15H22ClN5. The molecule has 5 nitrogen and oxygen atoms in total. The average Bonchev–Trinajstić information content (AvgIpc) is 2.79. The third kappa shape index (κ3) is 3.76. The second kappa shape index (κ2) is 7.13. The average molecular weight is 308 g/mol. The minimum Gasteiger partial charge on any atom is -1.00 e. The number of benzene rings is 1. The molecule has 0 radical (unpaired) electrons. The summed E-state index contributed by atoms with van der Waals surface area (Å²) in [6.07, 6.45) is 4.52. The minimum atomic E-state index is 0. The van der Waals surface area contributed by atoms with Gasteiger partial charge < -0.3 is 17.3 Å². The topological polar surface area (TPSA) is 50.4 Å². The van der Waals surface area contributed by atoms with Crippen molar-refractivity contribution in [1.82, 2.24) is 4.68 Å². The summed E-state index contributed by atoms with van der Waals surface area (Å²) in [6, 6.07) is 8.35. The van der Waals surface area contributed by atoms with Crippen LogP contribution in [0.5, 0.6) is 0 Å². The van der Waals surface area contributed by atoms with Gasteiger partial charge in [-0.3, -0.25) is 5.84 Å². The van der Waals surface area contributed by atoms with E-state index in [1.54, 1.807) is 4.68 Å². The Morgan fingerprint density at radius 3 is 2.43 bits per heavy atom. The lowest BCUT2D eigenvalue weighted by molar-refractivity contribution is -0.685. The number of nitrogens with two attached hydrogens (primary N) is 1. The first-order valence-electron chi connectivity index (χ1n) is 6.73. The maximum absolute atomic E-state index is 5.84. The SMILES string of the molecule is CCc1n(N)cc[n+]1/N=C(\C)c1ccc(N(C)C)cc1.[Cl-]. The van der Waals surface area contributed by atoms with Gasteiger partial charge in [-0.15, -0.1) is 9.35 Å². The monoisotopic (exact) mass is 307 g/mol. The zero-order chi connectivity index (χ0) is 14.7. The number of nitrogens with zero attached hydrogens (tertiary/aromatic N) is 4. The highest BCUT2D eigenvalue weighted by Gasteiger charge is 2.13. The van der Waals surface area contributed by atoms with Crippen molar-refractivity contribution in [3.8, 4) is 0 Å². The van der Waals surface area contributed by atoms with Gasteiger partial charge in [-0.25, -0.2) is 0 Å². The van der Waals surface area contributed by atoms with Crippen LogP contribution in [-0.2, 0) is 6.42 Å². The number of rotatable bonds is 4. The van der Waals surface area contributed by atoms with E-state index >= 15 is 0 Å². The molecule has 0 bridgehead atoms. The molecule has 21 heavy (non-hydrogen) atoms. The number of nitrogen functional groups attached to an aromatic ring is 1. The smallest absolute Gasteiger partial charge is 0.304 e. The van der Waals surface area contributed by atoms with Gasteiger partial charge >= 0.3 is 5.82 Å². The fourth-order valence-electron chi connectivity index (χ4n) is 2.08. The Labute approximate surface area is 132 Å². The Bertz CT molecular complexity index is 613. The molecule has 2 aromatic rings. The van der Waals surface area contributed by atoms with Crippen LogP contribution in [-0.4, -0.2) is 24.5 Å². The van der Waals surface area contributed by atoms with E-state index in [1.165, 1.54) is 5.69 Å². The summed E-state index contributed by atoms with van der Waals surface area (Å²) in [5, 5.41) is 4.61. The molecule has 2 N–H and O–H groups in total. The van der Waals surface area contributed by atoms with E-state index in [4.69, 9.17) is 5.84 Å². The second-order valence-corrected chi connectivity index (χ2v) is 4.95. The molecule has 0 fully saturated rings. The first kappa shape index (κ1) is 17.0. The molecule has 0 spiro atoms. The summed E-state index contributed by atoms with van der Waals surface area (Å²) in [4.78, 5) is 2.08. The largest absolute Gasteiger partial charge is 1.00 e. The van der Waals surface area contributed by atoms with Crippen LogP contribution in [0.4, 0.5) is 5.69 Å². The van der Waals surface area contributed by atoms with E-state index in [-0.39, 0.29) is 12.4 Å². The van der Waals surface area contributed by atoms with E-state index < -0.39 is 0 Å². The molecule has 1 aromatic heterocycles. The van der Waals surface area contributed by atoms with Crippen molar-refractivity contribution in [1.29, 1.82) is 0 Å². The number of hydrogen-bond donors (Lipinski definition) is 1. The summed E-state index contributed by atoms with van der Waals surface area (Å²) < 4.78 is 3.43. The Morgan fingerprint density at radius 1 is 1.29 bits per heavy atom. The predicted molar refractivity (Wildman–Crippen MR) is 82.5 cm³/mol. The minimum absolute atomic E-state index is 0. The van der Waals surface area contributed by atoms with Crippen molar-refractivity contribution in [3.63, 3.8) is 0 Å². The van der Waals surface area contributed by atoms with E-state index in [2.05, 4.69) is 41.2 Å². The van der Waals surface area contributed by atoms with Gasteiger partial charge in [-0.2, -0.15) is 0 Å². The number of anilines is 1. The Balaban J connectivity index is 0.00000220. The first-order valence-corrected chi connectivity index (χ1v) is 6.73. The van der Waals surface area contributed by atoms with Crippen LogP contribution in [0.25, 0.3) is 0 Å². The van der Waals surface area contributed by atoms with Crippen molar-refractivity contribution >= 4 is 11.4 Å². The van der Waals surface area contributed by atoms with Gasteiger partial charge in [0, 0.05) is 19.8 Å². The highest BCUT2D eigenvalue weighted by atomic mass is 35.5. The standard InChI is InChI=1S/C15H22N5.ClH/c1-5-15-19(16)10-11-20(15)17-12(2)13-6-8-14(9-7-13)18(3)4;/h6-11H,5,16H2,1-4H3;1H/q+1;/p-1/b17-12+;. The molecule has 1 aromatic carbocycles. The van der Waals surface area contributed by atoms with Crippen LogP contribution in [0.3, 0.4) is 0 Å². The van der Waals surface area contributed by atoms with Crippen LogP contribution in [0.2, 0.25) is 0 Å². The zero-order valence-corrected chi connectivity index (χ0v) is 13.7. The Hall–Kier alpha value is -2.01. The summed E-state index contributed by atoms with van der Waals surface area (Å²) >= 11 is 0. The molecule has 0 unspecified atom stereocenters. The molecule has 114 valence electrons. The molecule has 0 saturated heterocycles. The maximum Gasteiger partial charge on any atom is 0.304 e. The van der Waals surface area contributed by atoms with E-state index in [0.29, 0.717) is 0 Å². The molecule has 6 heteroatoms. The van der Waals surface area contributed by atoms with E-state index in [9.17, 15) is 0 Å². The van der Waals surface area contributed by atoms with E-state index in [0.717, 1.165) is 23.5 Å². The molecule has 2 rings (SSSR count). The van der Waals surface area contributed by atoms with E-state index in [1.807, 2.05) is 38.1 Å². The normalized spacial score (nSPS) is 11.1. The van der Waals surface area contributed by atoms with Gasteiger partial charge in [-0.05, 0) is 24.6 Å². The van der Waals surface area contributed by atoms with Gasteiger partial charge in [0.1, 0.15) is 0 Å². The predicted octanol–water partition coefficient (Wildman–Crippen LogP) is -1.61. The number of halogens is 1. The summed E-state index contributed by atoms with van der Waals surface area (Å²) in [5.74, 6) is 6.81. The summed E-state index contributed by atoms with van der Waals surface area (Å²) in [7, 11) is 4.06. The zero-order valence-electron chi connectivity index (χ0n) is 12.9. The van der Waals surface area contributed by atoms with Crippen LogP contribution in [0.1, 0.15) is 25.2 Å². The molecule has 0 atom stereocenters. The Kier molecular flexibility index (Phi) is 5.79. The van der Waals surface area contributed by atoms with Gasteiger partial charge in [0.05, 0.1) is 12.1 Å². The molecule has 0 aliphatic carbocycles. The van der Waals surface area contributed by atoms with Gasteiger partial charge in [0.2, 0.25) is 0 Å². The second-order valence-electron chi connectivity index (χ2n) is 4.95. The maximum atomic E-state index is 5.84. The highest BCUT2D eigenvalue weighted by molar-refractivity contribution is 5.98. The third-order valence-electron chi connectivity index (χ3n) is 3.31. The van der Waals surface area contributed by atoms with Crippen LogP contribution < -0.4 is 27.8 Å². The summed E-state index contributed by atoms with van der Waals surface area (Å²) in [6.45, 7) is 4.07. The molecule has 0 aliphatic rings. The van der Waals surface area contributed by atoms with Crippen molar-refractivity contribution in [2.75, 3.05) is 24.8 Å². The molecule has 0 aliphatic heterocycles. The molecule has 0 saturated carbocycles. The lowest BCUT2D eigenvalue weighted by atomic mass is 10.1. The Morgan fingerprint density at radius 2 is 1.90 bits per heavy atom. The summed E-state index contributed by atoms with van der Waals surface area (Å²) in [5.41, 5.74) is 3.24. The fraction of sp³-hybridized carbons (Fsp3) is 0.333. The molecular weight excluding hydrogens is 286 g/mol. The lowest BCUT2D eigenvalue weighted by Crippen LogP contribution is -3.00. The van der Waals surface area contributed by atoms with Gasteiger partial charge in [0.15, 0.2) is 12.4 Å². The van der Waals surface area contributed by atoms with Gasteiger partial charge in [0.25, 0.3) is 0 Å². The van der Waals surface area contributed by atoms with Gasteiger partial charge in [-0.1, -0.05) is 24.2 Å². The number of hydrogen-bond acceptors (Lipinski definition) is 3. The van der Waals surface area contributed by atoms with Crippen molar-refractivity contribution in [2.45, 2.75) is 20.3 Å². The lowest BCUT2D eigenvalue weighted by Gasteiger charge is -2.12. The number of aromatic nitrogens is 2. The molecule has 1 heterocycles. The highest BCUT2D eigenvalue weighted by Crippen LogP contribution is 2.12. The van der Waals surface area contributed by atoms with Crippen LogP contribution >= 0.6 is 0 Å². The quantitative estimate of drug-likeness (QED) is 0.420. The van der Waals surface area contributed by atoms with Crippen molar-refractivity contribution in [3.05, 3.63) is 48.0 Å². The van der Waals surface area contributed by atoms with Crippen molar-refractivity contribution < 1.29 is 17.1 Å². The van der Waals surface area contributed by atoms with Crippen LogP contribution in [0, 0.1) is 0 Å². The van der Waals surface area contributed by atoms with Crippen LogP contribution in [0.15, 0.2) is 41.8 Å². The fourth-order valence-corrected chi connectivity index (χ4v) is 2.08. The third-order valence-corrected chi connectivity index (χ3v) is 3.31. The number of imidazole rings is 1.